The van der Waals surface area contributed by atoms with Crippen molar-refractivity contribution in [2.45, 2.75) is 38.8 Å². The van der Waals surface area contributed by atoms with Gasteiger partial charge in [0.15, 0.2) is 0 Å². The number of carbonyl (C=O) groups is 2. The molecule has 1 amide bonds. The minimum atomic E-state index is -4.33. The summed E-state index contributed by atoms with van der Waals surface area (Å²) in [6, 6.07) is 0. The Hall–Kier alpha value is -1.07. The fourth-order valence-electron chi connectivity index (χ4n) is 2.18. The topological polar surface area (TPSA) is 46.2 Å². The Balaban J connectivity index is 2.64. The van der Waals surface area contributed by atoms with Gasteiger partial charge in [0.1, 0.15) is 5.78 Å². The first-order chi connectivity index (χ1) is 7.82. The number of hydrogen-bond donors (Lipinski definition) is 1. The second-order valence-electron chi connectivity index (χ2n) is 4.46. The molecule has 0 bridgehead atoms. The fraction of sp³-hybridized carbons (Fsp3) is 0.818. The van der Waals surface area contributed by atoms with E-state index in [1.165, 1.54) is 6.92 Å². The van der Waals surface area contributed by atoms with E-state index in [-0.39, 0.29) is 25.2 Å². The summed E-state index contributed by atoms with van der Waals surface area (Å²) in [7, 11) is 0. The third kappa shape index (κ3) is 4.02. The molecule has 1 rings (SSSR count). The van der Waals surface area contributed by atoms with Crippen molar-refractivity contribution >= 4 is 11.7 Å². The third-order valence-electron chi connectivity index (χ3n) is 3.03. The minimum absolute atomic E-state index is 0.00164. The zero-order chi connectivity index (χ0) is 13.1. The Bertz CT molecular complexity index is 302. The lowest BCUT2D eigenvalue weighted by Gasteiger charge is -2.31. The average Bonchev–Trinajstić information content (AvgIpc) is 2.24. The molecule has 0 aromatic heterocycles. The van der Waals surface area contributed by atoms with Gasteiger partial charge in [0.05, 0.1) is 12.5 Å². The van der Waals surface area contributed by atoms with Gasteiger partial charge in [-0.05, 0) is 19.8 Å². The summed E-state index contributed by atoms with van der Waals surface area (Å²) in [4.78, 5) is 22.3. The summed E-state index contributed by atoms with van der Waals surface area (Å²) in [6.07, 6.45) is -2.96. The first-order valence-corrected chi connectivity index (χ1v) is 5.66. The van der Waals surface area contributed by atoms with Crippen molar-refractivity contribution in [2.24, 2.45) is 11.8 Å². The van der Waals surface area contributed by atoms with Crippen LogP contribution in [0.5, 0.6) is 0 Å². The summed E-state index contributed by atoms with van der Waals surface area (Å²) >= 11 is 0. The molecular weight excluding hydrogens is 235 g/mol. The van der Waals surface area contributed by atoms with Gasteiger partial charge in [-0.1, -0.05) is 12.8 Å². The van der Waals surface area contributed by atoms with Crippen molar-refractivity contribution in [3.05, 3.63) is 0 Å². The standard InChI is InChI=1S/C11H16F3NO2/c1-7(16)6-15-10(17)8-4-2-3-5-9(8)11(12,13)14/h8-9H,2-6H2,1H3,(H,15,17). The van der Waals surface area contributed by atoms with Gasteiger partial charge in [-0.3, -0.25) is 9.59 Å². The van der Waals surface area contributed by atoms with Crippen molar-refractivity contribution in [1.82, 2.24) is 5.32 Å². The van der Waals surface area contributed by atoms with Crippen LogP contribution in [0, 0.1) is 11.8 Å². The third-order valence-corrected chi connectivity index (χ3v) is 3.03. The van der Waals surface area contributed by atoms with Crippen LogP contribution >= 0.6 is 0 Å². The van der Waals surface area contributed by atoms with E-state index >= 15 is 0 Å². The van der Waals surface area contributed by atoms with Crippen molar-refractivity contribution in [3.8, 4) is 0 Å². The molecule has 0 aliphatic heterocycles. The van der Waals surface area contributed by atoms with Crippen LogP contribution in [-0.2, 0) is 9.59 Å². The van der Waals surface area contributed by atoms with Crippen LogP contribution < -0.4 is 5.32 Å². The molecule has 1 aliphatic carbocycles. The highest BCUT2D eigenvalue weighted by Gasteiger charge is 2.47. The Morgan fingerprint density at radius 1 is 1.24 bits per heavy atom. The van der Waals surface area contributed by atoms with Gasteiger partial charge >= 0.3 is 6.18 Å². The predicted octanol–water partition coefficient (Wildman–Crippen LogP) is 2.06. The van der Waals surface area contributed by atoms with E-state index in [4.69, 9.17) is 0 Å². The maximum atomic E-state index is 12.7. The van der Waals surface area contributed by atoms with E-state index in [1.807, 2.05) is 0 Å². The average molecular weight is 251 g/mol. The quantitative estimate of drug-likeness (QED) is 0.834. The molecule has 0 aromatic carbocycles. The zero-order valence-electron chi connectivity index (χ0n) is 9.64. The summed E-state index contributed by atoms with van der Waals surface area (Å²) in [6.45, 7) is 1.09. The zero-order valence-corrected chi connectivity index (χ0v) is 9.64. The first kappa shape index (κ1) is 14.0. The Labute approximate surface area is 97.8 Å². The van der Waals surface area contributed by atoms with Gasteiger partial charge in [0.25, 0.3) is 0 Å². The van der Waals surface area contributed by atoms with E-state index in [1.54, 1.807) is 0 Å². The summed E-state index contributed by atoms with van der Waals surface area (Å²) in [5.41, 5.74) is 0. The molecule has 1 saturated carbocycles. The second-order valence-corrected chi connectivity index (χ2v) is 4.46. The lowest BCUT2D eigenvalue weighted by Crippen LogP contribution is -2.43. The number of rotatable bonds is 3. The van der Waals surface area contributed by atoms with E-state index in [2.05, 4.69) is 5.32 Å². The van der Waals surface area contributed by atoms with Gasteiger partial charge in [0.2, 0.25) is 5.91 Å². The van der Waals surface area contributed by atoms with Gasteiger partial charge in [-0.25, -0.2) is 0 Å². The highest BCUT2D eigenvalue weighted by Crippen LogP contribution is 2.41. The molecule has 1 fully saturated rings. The molecular formula is C11H16F3NO2. The van der Waals surface area contributed by atoms with Crippen molar-refractivity contribution in [2.75, 3.05) is 6.54 Å². The molecule has 1 N–H and O–H groups in total. The number of Topliss-reactive ketones (excluding diaryl/α,β-unsaturated/α-hetero) is 1. The maximum Gasteiger partial charge on any atom is 0.392 e. The Kier molecular flexibility index (Phi) is 4.54. The molecule has 0 spiro atoms. The molecule has 98 valence electrons. The lowest BCUT2D eigenvalue weighted by molar-refractivity contribution is -0.198. The smallest absolute Gasteiger partial charge is 0.349 e. The largest absolute Gasteiger partial charge is 0.392 e. The van der Waals surface area contributed by atoms with Crippen LogP contribution in [0.1, 0.15) is 32.6 Å². The number of alkyl halides is 3. The van der Waals surface area contributed by atoms with E-state index in [0.717, 1.165) is 0 Å². The molecule has 2 unspecified atom stereocenters. The number of hydrogen-bond acceptors (Lipinski definition) is 2. The Morgan fingerprint density at radius 3 is 2.35 bits per heavy atom. The predicted molar refractivity (Wildman–Crippen MR) is 55.2 cm³/mol. The fourth-order valence-corrected chi connectivity index (χ4v) is 2.18. The highest BCUT2D eigenvalue weighted by atomic mass is 19.4. The van der Waals surface area contributed by atoms with Crippen molar-refractivity contribution in [3.63, 3.8) is 0 Å². The lowest BCUT2D eigenvalue weighted by atomic mass is 9.78. The van der Waals surface area contributed by atoms with Crippen molar-refractivity contribution in [1.29, 1.82) is 0 Å². The monoisotopic (exact) mass is 251 g/mol. The summed E-state index contributed by atoms with van der Waals surface area (Å²) < 4.78 is 38.1. The van der Waals surface area contributed by atoms with Crippen LogP contribution in [-0.4, -0.2) is 24.4 Å². The van der Waals surface area contributed by atoms with E-state index < -0.39 is 23.9 Å². The molecule has 0 radical (unpaired) electrons. The van der Waals surface area contributed by atoms with Crippen LogP contribution in [0.15, 0.2) is 0 Å². The second kappa shape index (κ2) is 5.51. The SMILES string of the molecule is CC(=O)CNC(=O)C1CCCCC1C(F)(F)F. The van der Waals surface area contributed by atoms with E-state index in [0.29, 0.717) is 12.8 Å². The highest BCUT2D eigenvalue weighted by molar-refractivity contribution is 5.85. The van der Waals surface area contributed by atoms with Gasteiger partial charge in [-0.2, -0.15) is 13.2 Å². The molecule has 6 heteroatoms. The van der Waals surface area contributed by atoms with Gasteiger partial charge < -0.3 is 5.32 Å². The van der Waals surface area contributed by atoms with Crippen LogP contribution in [0.4, 0.5) is 13.2 Å². The normalized spacial score (nSPS) is 25.4. The summed E-state index contributed by atoms with van der Waals surface area (Å²) in [5, 5.41) is 2.27. The van der Waals surface area contributed by atoms with Crippen molar-refractivity contribution < 1.29 is 22.8 Å². The first-order valence-electron chi connectivity index (χ1n) is 5.66. The molecule has 0 heterocycles. The number of halogens is 3. The Morgan fingerprint density at radius 2 is 1.82 bits per heavy atom. The summed E-state index contributed by atoms with van der Waals surface area (Å²) in [5.74, 6) is -3.52. The molecule has 3 nitrogen and oxygen atoms in total. The van der Waals surface area contributed by atoms with Gasteiger partial charge in [0, 0.05) is 5.92 Å². The molecule has 1 aliphatic rings. The van der Waals surface area contributed by atoms with Crippen LogP contribution in [0.2, 0.25) is 0 Å². The number of carbonyl (C=O) groups excluding carboxylic acids is 2. The molecule has 0 saturated heterocycles. The number of nitrogens with one attached hydrogen (secondary N) is 1. The maximum absolute atomic E-state index is 12.7. The molecule has 2 atom stereocenters. The van der Waals surface area contributed by atoms with Gasteiger partial charge in [-0.15, -0.1) is 0 Å². The van der Waals surface area contributed by atoms with E-state index in [9.17, 15) is 22.8 Å². The molecule has 0 aromatic rings. The number of ketones is 1. The van der Waals surface area contributed by atoms with Crippen LogP contribution in [0.25, 0.3) is 0 Å². The number of amides is 1. The van der Waals surface area contributed by atoms with Crippen LogP contribution in [0.3, 0.4) is 0 Å². The minimum Gasteiger partial charge on any atom is -0.349 e. The molecule has 17 heavy (non-hydrogen) atoms.